The van der Waals surface area contributed by atoms with Crippen LogP contribution in [0.5, 0.6) is 0 Å². The van der Waals surface area contributed by atoms with Gasteiger partial charge in [0, 0.05) is 39.0 Å². The van der Waals surface area contributed by atoms with Crippen LogP contribution in [0.4, 0.5) is 0 Å². The third kappa shape index (κ3) is 14.5. The second-order valence-electron chi connectivity index (χ2n) is 8.90. The third-order valence-electron chi connectivity index (χ3n) is 6.04. The minimum atomic E-state index is -0.256. The van der Waals surface area contributed by atoms with Crippen molar-refractivity contribution in [2.75, 3.05) is 65.7 Å². The zero-order chi connectivity index (χ0) is 26.6. The Labute approximate surface area is 220 Å². The Morgan fingerprint density at radius 3 is 1.41 bits per heavy atom. The summed E-state index contributed by atoms with van der Waals surface area (Å²) in [7, 11) is 0. The molecule has 204 valence electrons. The van der Waals surface area contributed by atoms with E-state index < -0.39 is 0 Å². The Kier molecular flexibility index (Phi) is 15.9. The van der Waals surface area contributed by atoms with Crippen molar-refractivity contribution in [2.45, 2.75) is 32.1 Å². The average Bonchev–Trinajstić information content (AvgIpc) is 2.91. The molecule has 0 amide bonds. The number of benzene rings is 2. The number of carbonyl (C=O) groups excluding carboxylic acids is 2. The van der Waals surface area contributed by atoms with Crippen molar-refractivity contribution in [1.82, 2.24) is 9.80 Å². The van der Waals surface area contributed by atoms with E-state index in [1.807, 2.05) is 65.6 Å². The first-order valence-corrected chi connectivity index (χ1v) is 13.2. The minimum absolute atomic E-state index is 0.0351. The van der Waals surface area contributed by atoms with Crippen LogP contribution in [0.2, 0.25) is 0 Å². The zero-order valence-electron chi connectivity index (χ0n) is 21.8. The fraction of sp³-hybridized carbons (Fsp3) is 0.517. The molecule has 0 fully saturated rings. The Hall–Kier alpha value is -2.78. The number of esters is 2. The van der Waals surface area contributed by atoms with Crippen LogP contribution in [0.15, 0.2) is 60.7 Å². The van der Waals surface area contributed by atoms with Gasteiger partial charge >= 0.3 is 11.9 Å². The zero-order valence-corrected chi connectivity index (χ0v) is 21.8. The predicted octanol–water partition coefficient (Wildman–Crippen LogP) is 2.32. The lowest BCUT2D eigenvalue weighted by Gasteiger charge is -2.24. The van der Waals surface area contributed by atoms with Crippen LogP contribution in [0.3, 0.4) is 0 Å². The van der Waals surface area contributed by atoms with Gasteiger partial charge in [0.05, 0.1) is 39.3 Å². The molecule has 0 aliphatic rings. The van der Waals surface area contributed by atoms with Gasteiger partial charge in [-0.25, -0.2) is 0 Å². The molecule has 2 aromatic rings. The summed E-state index contributed by atoms with van der Waals surface area (Å²) in [6, 6.07) is 19.8. The van der Waals surface area contributed by atoms with E-state index in [2.05, 4.69) is 4.90 Å². The number of aliphatic hydroxyl groups is 2. The number of rotatable bonds is 20. The summed E-state index contributed by atoms with van der Waals surface area (Å²) < 4.78 is 10.8. The van der Waals surface area contributed by atoms with Gasteiger partial charge < -0.3 is 24.6 Å². The van der Waals surface area contributed by atoms with Crippen molar-refractivity contribution in [3.63, 3.8) is 0 Å². The highest BCUT2D eigenvalue weighted by Crippen LogP contribution is 2.05. The molecule has 0 heterocycles. The molecular formula is C29H42N2O6. The van der Waals surface area contributed by atoms with Gasteiger partial charge in [-0.2, -0.15) is 0 Å². The van der Waals surface area contributed by atoms with Crippen molar-refractivity contribution in [3.8, 4) is 0 Å². The smallest absolute Gasteiger partial charge is 0.307 e. The summed E-state index contributed by atoms with van der Waals surface area (Å²) in [5, 5.41) is 18.4. The van der Waals surface area contributed by atoms with Crippen LogP contribution in [0.1, 0.15) is 30.4 Å². The third-order valence-corrected chi connectivity index (χ3v) is 6.04. The maximum absolute atomic E-state index is 12.3. The average molecular weight is 515 g/mol. The molecule has 8 nitrogen and oxygen atoms in total. The molecule has 0 spiro atoms. The topological polar surface area (TPSA) is 99.5 Å². The standard InChI is InChI=1S/C29H42N2O6/c32-22-20-31(21-23-33)17-7-16-30(18-12-28(34)36-24-14-26-8-3-1-4-9-26)19-13-29(35)37-25-15-27-10-5-2-6-11-27/h1-6,8-11,32-33H,7,12-25H2. The predicted molar refractivity (Wildman–Crippen MR) is 143 cm³/mol. The summed E-state index contributed by atoms with van der Waals surface area (Å²) in [5.41, 5.74) is 2.25. The summed E-state index contributed by atoms with van der Waals surface area (Å²) in [5.74, 6) is -0.512. The van der Waals surface area contributed by atoms with Gasteiger partial charge in [-0.3, -0.25) is 14.5 Å². The lowest BCUT2D eigenvalue weighted by Crippen LogP contribution is -2.35. The molecule has 0 aromatic heterocycles. The van der Waals surface area contributed by atoms with Gasteiger partial charge in [0.25, 0.3) is 0 Å². The quantitative estimate of drug-likeness (QED) is 0.260. The summed E-state index contributed by atoms with van der Waals surface area (Å²) in [4.78, 5) is 28.7. The lowest BCUT2D eigenvalue weighted by molar-refractivity contribution is -0.144. The first-order valence-electron chi connectivity index (χ1n) is 13.2. The van der Waals surface area contributed by atoms with Crippen molar-refractivity contribution in [1.29, 1.82) is 0 Å². The SMILES string of the molecule is O=C(CCN(CCCN(CCO)CCO)CCC(=O)OCCc1ccccc1)OCCc1ccccc1. The van der Waals surface area contributed by atoms with E-state index in [1.165, 1.54) is 0 Å². The highest BCUT2D eigenvalue weighted by atomic mass is 16.5. The van der Waals surface area contributed by atoms with Crippen molar-refractivity contribution >= 4 is 11.9 Å². The van der Waals surface area contributed by atoms with E-state index in [4.69, 9.17) is 9.47 Å². The molecule has 2 N–H and O–H groups in total. The fourth-order valence-electron chi connectivity index (χ4n) is 3.97. The van der Waals surface area contributed by atoms with Crippen molar-refractivity contribution < 1.29 is 29.3 Å². The molecule has 0 unspecified atom stereocenters. The molecule has 8 heteroatoms. The van der Waals surface area contributed by atoms with Gasteiger partial charge in [0.1, 0.15) is 0 Å². The first kappa shape index (κ1) is 30.4. The molecule has 0 radical (unpaired) electrons. The van der Waals surface area contributed by atoms with E-state index in [0.717, 1.165) is 17.5 Å². The minimum Gasteiger partial charge on any atom is -0.465 e. The van der Waals surface area contributed by atoms with Gasteiger partial charge in [0.2, 0.25) is 0 Å². The van der Waals surface area contributed by atoms with Crippen LogP contribution < -0.4 is 0 Å². The van der Waals surface area contributed by atoms with Crippen molar-refractivity contribution in [3.05, 3.63) is 71.8 Å². The number of nitrogens with zero attached hydrogens (tertiary/aromatic N) is 2. The Morgan fingerprint density at radius 2 is 1.00 bits per heavy atom. The van der Waals surface area contributed by atoms with Crippen molar-refractivity contribution in [2.24, 2.45) is 0 Å². The van der Waals surface area contributed by atoms with Crippen LogP contribution in [-0.2, 0) is 31.9 Å². The van der Waals surface area contributed by atoms with Crippen LogP contribution in [-0.4, -0.2) is 97.6 Å². The Bertz CT molecular complexity index is 798. The van der Waals surface area contributed by atoms with E-state index in [-0.39, 0.29) is 38.0 Å². The summed E-state index contributed by atoms with van der Waals surface area (Å²) in [6.07, 6.45) is 2.63. The highest BCUT2D eigenvalue weighted by molar-refractivity contribution is 5.70. The Morgan fingerprint density at radius 1 is 0.595 bits per heavy atom. The molecular weight excluding hydrogens is 472 g/mol. The summed E-state index contributed by atoms with van der Waals surface area (Å²) in [6.45, 7) is 4.12. The second kappa shape index (κ2) is 19.3. The van der Waals surface area contributed by atoms with Gasteiger partial charge in [0.15, 0.2) is 0 Å². The van der Waals surface area contributed by atoms with E-state index in [1.54, 1.807) is 0 Å². The molecule has 0 atom stereocenters. The highest BCUT2D eigenvalue weighted by Gasteiger charge is 2.13. The second-order valence-corrected chi connectivity index (χ2v) is 8.90. The van der Waals surface area contributed by atoms with E-state index >= 15 is 0 Å². The molecule has 0 saturated heterocycles. The Balaban J connectivity index is 1.75. The normalized spacial score (nSPS) is 11.1. The molecule has 2 aromatic carbocycles. The molecule has 0 saturated carbocycles. The number of hydrogen-bond acceptors (Lipinski definition) is 8. The summed E-state index contributed by atoms with van der Waals surface area (Å²) >= 11 is 0. The number of aliphatic hydroxyl groups excluding tert-OH is 2. The van der Waals surface area contributed by atoms with Gasteiger partial charge in [-0.15, -0.1) is 0 Å². The molecule has 37 heavy (non-hydrogen) atoms. The van der Waals surface area contributed by atoms with E-state index in [9.17, 15) is 19.8 Å². The number of hydrogen-bond donors (Lipinski definition) is 2. The lowest BCUT2D eigenvalue weighted by atomic mass is 10.2. The van der Waals surface area contributed by atoms with Crippen LogP contribution in [0, 0.1) is 0 Å². The van der Waals surface area contributed by atoms with E-state index in [0.29, 0.717) is 65.3 Å². The number of carbonyl (C=O) groups is 2. The van der Waals surface area contributed by atoms with Crippen LogP contribution in [0.25, 0.3) is 0 Å². The maximum Gasteiger partial charge on any atom is 0.307 e. The fourth-order valence-corrected chi connectivity index (χ4v) is 3.97. The molecule has 2 rings (SSSR count). The molecule has 0 aliphatic carbocycles. The molecule has 0 aliphatic heterocycles. The molecule has 0 bridgehead atoms. The largest absolute Gasteiger partial charge is 0.465 e. The maximum atomic E-state index is 12.3. The monoisotopic (exact) mass is 514 g/mol. The van der Waals surface area contributed by atoms with Crippen LogP contribution >= 0.6 is 0 Å². The van der Waals surface area contributed by atoms with Gasteiger partial charge in [-0.1, -0.05) is 60.7 Å². The number of ether oxygens (including phenoxy) is 2. The van der Waals surface area contributed by atoms with Gasteiger partial charge in [-0.05, 0) is 30.6 Å². The first-order chi connectivity index (χ1) is 18.1.